The zero-order valence-corrected chi connectivity index (χ0v) is 14.6. The summed E-state index contributed by atoms with van der Waals surface area (Å²) < 4.78 is 1.23. The van der Waals surface area contributed by atoms with Crippen molar-refractivity contribution in [1.82, 2.24) is 15.2 Å². The molecular formula is C18H25N3OS. The van der Waals surface area contributed by atoms with Gasteiger partial charge >= 0.3 is 0 Å². The van der Waals surface area contributed by atoms with E-state index in [0.29, 0.717) is 12.6 Å². The number of fused-ring (bicyclic) bond motifs is 1. The third-order valence-electron chi connectivity index (χ3n) is 4.41. The summed E-state index contributed by atoms with van der Waals surface area (Å²) in [5.41, 5.74) is 1.07. The molecule has 0 saturated carbocycles. The van der Waals surface area contributed by atoms with Crippen LogP contribution < -0.4 is 5.32 Å². The monoisotopic (exact) mass is 331 g/mol. The zero-order chi connectivity index (χ0) is 16.1. The topological polar surface area (TPSA) is 45.2 Å². The van der Waals surface area contributed by atoms with E-state index < -0.39 is 0 Å². The van der Waals surface area contributed by atoms with Crippen LogP contribution in [0.4, 0.5) is 0 Å². The van der Waals surface area contributed by atoms with Crippen molar-refractivity contribution < 1.29 is 4.79 Å². The molecule has 1 saturated heterocycles. The highest BCUT2D eigenvalue weighted by molar-refractivity contribution is 7.18. The quantitative estimate of drug-likeness (QED) is 0.786. The highest BCUT2D eigenvalue weighted by atomic mass is 32.1. The number of para-hydroxylation sites is 1. The van der Waals surface area contributed by atoms with E-state index in [2.05, 4.69) is 35.3 Å². The van der Waals surface area contributed by atoms with Gasteiger partial charge in [0.2, 0.25) is 5.91 Å². The zero-order valence-electron chi connectivity index (χ0n) is 13.8. The van der Waals surface area contributed by atoms with Gasteiger partial charge in [0.1, 0.15) is 5.01 Å². The third kappa shape index (κ3) is 4.09. The third-order valence-corrected chi connectivity index (χ3v) is 5.55. The Hall–Kier alpha value is -1.46. The van der Waals surface area contributed by atoms with Crippen LogP contribution in [0.1, 0.15) is 50.1 Å². The summed E-state index contributed by atoms with van der Waals surface area (Å²) in [6, 6.07) is 8.57. The molecule has 1 unspecified atom stereocenters. The molecule has 0 bridgehead atoms. The Morgan fingerprint density at radius 3 is 3.09 bits per heavy atom. The fourth-order valence-corrected chi connectivity index (χ4v) is 4.31. The van der Waals surface area contributed by atoms with Gasteiger partial charge in [0.15, 0.2) is 0 Å². The number of rotatable bonds is 7. The number of thiazole rings is 1. The first-order valence-electron chi connectivity index (χ1n) is 8.64. The number of hydrogen-bond acceptors (Lipinski definition) is 4. The molecule has 0 radical (unpaired) electrons. The number of carbonyl (C=O) groups is 1. The molecule has 4 nitrogen and oxygen atoms in total. The lowest BCUT2D eigenvalue weighted by Crippen LogP contribution is -2.37. The van der Waals surface area contributed by atoms with E-state index in [9.17, 15) is 4.79 Å². The second-order valence-electron chi connectivity index (χ2n) is 6.21. The molecule has 0 spiro atoms. The number of likely N-dealkylation sites (tertiary alicyclic amines) is 1. The van der Waals surface area contributed by atoms with Crippen LogP contribution in [0.3, 0.4) is 0 Å². The van der Waals surface area contributed by atoms with E-state index in [1.54, 1.807) is 11.3 Å². The minimum absolute atomic E-state index is 0.147. The molecule has 1 atom stereocenters. The number of carbonyl (C=O) groups excluding carboxylic acids is 1. The van der Waals surface area contributed by atoms with E-state index in [0.717, 1.165) is 42.9 Å². The van der Waals surface area contributed by atoms with Crippen molar-refractivity contribution in [2.75, 3.05) is 19.6 Å². The van der Waals surface area contributed by atoms with Crippen LogP contribution in [0.15, 0.2) is 24.3 Å². The average Bonchev–Trinajstić information content (AvgIpc) is 3.17. The SMILES string of the molecule is CCCCCNC(=O)CN1CCCC1c1nc2ccccc2s1. The molecule has 2 heterocycles. The summed E-state index contributed by atoms with van der Waals surface area (Å²) in [4.78, 5) is 19.2. The molecule has 124 valence electrons. The maximum Gasteiger partial charge on any atom is 0.234 e. The van der Waals surface area contributed by atoms with E-state index in [1.165, 1.54) is 17.5 Å². The molecule has 5 heteroatoms. The van der Waals surface area contributed by atoms with Gasteiger partial charge in [-0.25, -0.2) is 4.98 Å². The number of unbranched alkanes of at least 4 members (excludes halogenated alkanes) is 2. The molecule has 1 aromatic heterocycles. The average molecular weight is 331 g/mol. The molecule has 1 amide bonds. The van der Waals surface area contributed by atoms with E-state index in [-0.39, 0.29) is 5.91 Å². The Bertz CT molecular complexity index is 622. The van der Waals surface area contributed by atoms with Crippen molar-refractivity contribution in [2.45, 2.75) is 45.1 Å². The molecule has 1 aliphatic heterocycles. The van der Waals surface area contributed by atoms with Gasteiger partial charge in [-0.3, -0.25) is 9.69 Å². The number of aromatic nitrogens is 1. The minimum atomic E-state index is 0.147. The number of hydrogen-bond donors (Lipinski definition) is 1. The van der Waals surface area contributed by atoms with Gasteiger partial charge < -0.3 is 5.32 Å². The first-order valence-corrected chi connectivity index (χ1v) is 9.46. The van der Waals surface area contributed by atoms with Crippen LogP contribution in [-0.4, -0.2) is 35.4 Å². The largest absolute Gasteiger partial charge is 0.355 e. The van der Waals surface area contributed by atoms with E-state index >= 15 is 0 Å². The number of benzene rings is 1. The molecule has 1 aromatic carbocycles. The van der Waals surface area contributed by atoms with Crippen LogP contribution in [0.5, 0.6) is 0 Å². The maximum atomic E-state index is 12.1. The van der Waals surface area contributed by atoms with Crippen molar-refractivity contribution in [2.24, 2.45) is 0 Å². The maximum absolute atomic E-state index is 12.1. The smallest absolute Gasteiger partial charge is 0.234 e. The molecule has 1 aliphatic rings. The Morgan fingerprint density at radius 2 is 2.26 bits per heavy atom. The first-order chi connectivity index (χ1) is 11.3. The Balaban J connectivity index is 1.60. The molecule has 3 rings (SSSR count). The van der Waals surface area contributed by atoms with Gasteiger partial charge in [-0.05, 0) is 37.9 Å². The van der Waals surface area contributed by atoms with Gasteiger partial charge in [-0.2, -0.15) is 0 Å². The molecule has 0 aliphatic carbocycles. The van der Waals surface area contributed by atoms with Crippen molar-refractivity contribution in [3.63, 3.8) is 0 Å². The van der Waals surface area contributed by atoms with Crippen molar-refractivity contribution >= 4 is 27.5 Å². The van der Waals surface area contributed by atoms with Gasteiger partial charge in [0.25, 0.3) is 0 Å². The Kier molecular flexibility index (Phi) is 5.62. The first kappa shape index (κ1) is 16.4. The molecule has 23 heavy (non-hydrogen) atoms. The second kappa shape index (κ2) is 7.88. The fraction of sp³-hybridized carbons (Fsp3) is 0.556. The van der Waals surface area contributed by atoms with Crippen LogP contribution in [0.25, 0.3) is 10.2 Å². The van der Waals surface area contributed by atoms with Gasteiger partial charge in [-0.1, -0.05) is 31.9 Å². The highest BCUT2D eigenvalue weighted by Crippen LogP contribution is 2.36. The predicted octanol–water partition coefficient (Wildman–Crippen LogP) is 3.74. The summed E-state index contributed by atoms with van der Waals surface area (Å²) in [6.07, 6.45) is 5.68. The molecule has 1 fully saturated rings. The van der Waals surface area contributed by atoms with Crippen molar-refractivity contribution in [3.05, 3.63) is 29.3 Å². The minimum Gasteiger partial charge on any atom is -0.355 e. The summed E-state index contributed by atoms with van der Waals surface area (Å²) >= 11 is 1.77. The summed E-state index contributed by atoms with van der Waals surface area (Å²) in [5, 5.41) is 4.20. The van der Waals surface area contributed by atoms with Gasteiger partial charge in [-0.15, -0.1) is 11.3 Å². The standard InChI is InChI=1S/C18H25N3OS/c1-2-3-6-11-19-17(22)13-21-12-7-9-15(21)18-20-14-8-4-5-10-16(14)23-18/h4-5,8,10,15H,2-3,6-7,9,11-13H2,1H3,(H,19,22). The second-order valence-corrected chi connectivity index (χ2v) is 7.27. The van der Waals surface area contributed by atoms with Crippen LogP contribution in [-0.2, 0) is 4.79 Å². The lowest BCUT2D eigenvalue weighted by molar-refractivity contribution is -0.122. The normalized spacial score (nSPS) is 18.6. The predicted molar refractivity (Wildman–Crippen MR) is 95.7 cm³/mol. The number of amides is 1. The van der Waals surface area contributed by atoms with Gasteiger partial charge in [0.05, 0.1) is 22.8 Å². The fourth-order valence-electron chi connectivity index (χ4n) is 3.17. The summed E-state index contributed by atoms with van der Waals surface area (Å²) in [6.45, 7) is 4.46. The number of nitrogens with zero attached hydrogens (tertiary/aromatic N) is 2. The van der Waals surface area contributed by atoms with Crippen LogP contribution in [0.2, 0.25) is 0 Å². The lowest BCUT2D eigenvalue weighted by Gasteiger charge is -2.22. The summed E-state index contributed by atoms with van der Waals surface area (Å²) in [7, 11) is 0. The Labute approximate surface area is 141 Å². The summed E-state index contributed by atoms with van der Waals surface area (Å²) in [5.74, 6) is 0.147. The Morgan fingerprint density at radius 1 is 1.39 bits per heavy atom. The highest BCUT2D eigenvalue weighted by Gasteiger charge is 2.29. The van der Waals surface area contributed by atoms with Crippen molar-refractivity contribution in [1.29, 1.82) is 0 Å². The molecular weight excluding hydrogens is 306 g/mol. The van der Waals surface area contributed by atoms with E-state index in [4.69, 9.17) is 4.98 Å². The van der Waals surface area contributed by atoms with Crippen molar-refractivity contribution in [3.8, 4) is 0 Å². The van der Waals surface area contributed by atoms with Crippen LogP contribution >= 0.6 is 11.3 Å². The number of nitrogens with one attached hydrogen (secondary N) is 1. The molecule has 2 aromatic rings. The molecule has 1 N–H and O–H groups in total. The van der Waals surface area contributed by atoms with Gasteiger partial charge in [0, 0.05) is 6.54 Å². The van der Waals surface area contributed by atoms with Crippen LogP contribution in [0, 0.1) is 0 Å². The van der Waals surface area contributed by atoms with E-state index in [1.807, 2.05) is 6.07 Å². The lowest BCUT2D eigenvalue weighted by atomic mass is 10.2.